The highest BCUT2D eigenvalue weighted by atomic mass is 19.4. The zero-order valence-electron chi connectivity index (χ0n) is 18.8. The van der Waals surface area contributed by atoms with Crippen LogP contribution in [0.15, 0.2) is 36.5 Å². The second-order valence-corrected chi connectivity index (χ2v) is 8.86. The minimum Gasteiger partial charge on any atom is -0.493 e. The van der Waals surface area contributed by atoms with Crippen LogP contribution in [-0.2, 0) is 15.7 Å². The van der Waals surface area contributed by atoms with E-state index in [4.69, 9.17) is 9.47 Å². The number of amides is 1. The van der Waals surface area contributed by atoms with Crippen molar-refractivity contribution in [3.05, 3.63) is 53.6 Å². The Morgan fingerprint density at radius 2 is 1.94 bits per heavy atom. The number of esters is 1. The van der Waals surface area contributed by atoms with Crippen LogP contribution in [0.2, 0.25) is 0 Å². The number of nitrogens with one attached hydrogen (secondary N) is 2. The van der Waals surface area contributed by atoms with Crippen molar-refractivity contribution in [3.63, 3.8) is 0 Å². The number of pyridine rings is 1. The third-order valence-corrected chi connectivity index (χ3v) is 4.97. The van der Waals surface area contributed by atoms with E-state index in [1.807, 2.05) is 0 Å². The van der Waals surface area contributed by atoms with Crippen molar-refractivity contribution in [2.24, 2.45) is 5.92 Å². The summed E-state index contributed by atoms with van der Waals surface area (Å²) < 4.78 is 65.1. The van der Waals surface area contributed by atoms with Gasteiger partial charge in [-0.3, -0.25) is 9.59 Å². The lowest BCUT2D eigenvalue weighted by Crippen LogP contribution is -2.42. The summed E-state index contributed by atoms with van der Waals surface area (Å²) >= 11 is 0. The van der Waals surface area contributed by atoms with E-state index < -0.39 is 46.8 Å². The van der Waals surface area contributed by atoms with Gasteiger partial charge in [0.15, 0.2) is 0 Å². The van der Waals surface area contributed by atoms with E-state index in [1.165, 1.54) is 12.1 Å². The van der Waals surface area contributed by atoms with Crippen molar-refractivity contribution in [2.75, 3.05) is 18.5 Å². The van der Waals surface area contributed by atoms with Gasteiger partial charge < -0.3 is 20.1 Å². The summed E-state index contributed by atoms with van der Waals surface area (Å²) in [6.07, 6.45) is -3.01. The maximum atomic E-state index is 13.8. The Morgan fingerprint density at radius 1 is 1.21 bits per heavy atom. The zero-order valence-corrected chi connectivity index (χ0v) is 18.8. The van der Waals surface area contributed by atoms with Gasteiger partial charge in [-0.05, 0) is 58.0 Å². The monoisotopic (exact) mass is 483 g/mol. The molecule has 1 aliphatic rings. The Hall–Kier alpha value is -3.21. The summed E-state index contributed by atoms with van der Waals surface area (Å²) in [7, 11) is 0. The molecule has 0 spiro atoms. The Bertz CT molecular complexity index is 1050. The molecule has 11 heteroatoms. The number of ether oxygens (including phenoxy) is 2. The molecule has 0 aliphatic carbocycles. The molecule has 0 saturated carbocycles. The molecule has 1 aromatic heterocycles. The van der Waals surface area contributed by atoms with Crippen LogP contribution in [0.25, 0.3) is 0 Å². The first-order chi connectivity index (χ1) is 15.8. The van der Waals surface area contributed by atoms with Gasteiger partial charge in [-0.1, -0.05) is 0 Å². The fourth-order valence-corrected chi connectivity index (χ4v) is 3.45. The van der Waals surface area contributed by atoms with Crippen molar-refractivity contribution in [3.8, 4) is 5.75 Å². The lowest BCUT2D eigenvalue weighted by atomic mass is 10.0. The van der Waals surface area contributed by atoms with Crippen LogP contribution in [-0.4, -0.2) is 41.7 Å². The van der Waals surface area contributed by atoms with Gasteiger partial charge in [0.25, 0.3) is 5.91 Å². The first-order valence-electron chi connectivity index (χ1n) is 10.6. The quantitative estimate of drug-likeness (QED) is 0.364. The summed E-state index contributed by atoms with van der Waals surface area (Å²) in [5.74, 6) is -2.96. The van der Waals surface area contributed by atoms with Crippen LogP contribution in [0.5, 0.6) is 5.75 Å². The topological polar surface area (TPSA) is 89.5 Å². The van der Waals surface area contributed by atoms with Gasteiger partial charge >= 0.3 is 12.1 Å². The predicted molar refractivity (Wildman–Crippen MR) is 115 cm³/mol. The Morgan fingerprint density at radius 3 is 2.59 bits per heavy atom. The number of carbonyl (C=O) groups excluding carboxylic acids is 2. The third-order valence-electron chi connectivity index (χ3n) is 4.97. The van der Waals surface area contributed by atoms with E-state index in [1.54, 1.807) is 20.8 Å². The smallest absolute Gasteiger partial charge is 0.416 e. The second kappa shape index (κ2) is 9.96. The van der Waals surface area contributed by atoms with Crippen LogP contribution in [0.4, 0.5) is 23.2 Å². The van der Waals surface area contributed by atoms with Crippen LogP contribution in [0.1, 0.15) is 43.1 Å². The van der Waals surface area contributed by atoms with Gasteiger partial charge in [-0.15, -0.1) is 0 Å². The van der Waals surface area contributed by atoms with Crippen molar-refractivity contribution in [1.82, 2.24) is 10.3 Å². The second-order valence-electron chi connectivity index (χ2n) is 8.86. The number of nitrogens with zero attached hydrogens (tertiary/aromatic N) is 1. The van der Waals surface area contributed by atoms with E-state index in [9.17, 15) is 27.2 Å². The van der Waals surface area contributed by atoms with E-state index in [2.05, 4.69) is 15.6 Å². The van der Waals surface area contributed by atoms with Gasteiger partial charge in [0.1, 0.15) is 17.4 Å². The molecule has 2 unspecified atom stereocenters. The van der Waals surface area contributed by atoms with Crippen molar-refractivity contribution >= 4 is 17.6 Å². The lowest BCUT2D eigenvalue weighted by Gasteiger charge is -2.25. The van der Waals surface area contributed by atoms with Gasteiger partial charge in [0.2, 0.25) is 5.95 Å². The molecule has 184 valence electrons. The van der Waals surface area contributed by atoms with Crippen molar-refractivity contribution < 1.29 is 36.6 Å². The number of rotatable bonds is 6. The normalized spacial score (nSPS) is 18.4. The summed E-state index contributed by atoms with van der Waals surface area (Å²) in [5.41, 5.74) is -2.39. The van der Waals surface area contributed by atoms with Gasteiger partial charge in [-0.25, -0.2) is 4.98 Å². The molecule has 2 aromatic rings. The van der Waals surface area contributed by atoms with Crippen LogP contribution in [0, 0.1) is 11.9 Å². The Balaban J connectivity index is 1.77. The molecule has 34 heavy (non-hydrogen) atoms. The number of hydrogen-bond acceptors (Lipinski definition) is 6. The summed E-state index contributed by atoms with van der Waals surface area (Å²) in [6, 6.07) is 4.55. The van der Waals surface area contributed by atoms with E-state index >= 15 is 0 Å². The van der Waals surface area contributed by atoms with Crippen LogP contribution < -0.4 is 15.4 Å². The number of halogens is 4. The van der Waals surface area contributed by atoms with Crippen LogP contribution in [0.3, 0.4) is 0 Å². The molecule has 1 fully saturated rings. The lowest BCUT2D eigenvalue weighted by molar-refractivity contribution is -0.158. The van der Waals surface area contributed by atoms with E-state index in [-0.39, 0.29) is 24.0 Å². The largest absolute Gasteiger partial charge is 0.493 e. The van der Waals surface area contributed by atoms with Gasteiger partial charge in [-0.2, -0.15) is 17.6 Å². The molecule has 0 radical (unpaired) electrons. The standard InChI is InChI=1S/C23H25F4N3O4/c1-22(2,3)34-21(32)18-13(6-8-28-18)12-33-16-10-14(23(25,26)27)9-15(11-16)30-20(31)17-5-4-7-29-19(17)24/h4-5,7,9-11,13,18,28H,6,8,12H2,1-3H3,(H,30,31). The number of alkyl halides is 3. The molecular formula is C23H25F4N3O4. The molecule has 0 bridgehead atoms. The third kappa shape index (κ3) is 6.66. The molecule has 2 atom stereocenters. The maximum absolute atomic E-state index is 13.8. The molecule has 1 aromatic carbocycles. The highest BCUT2D eigenvalue weighted by molar-refractivity contribution is 6.04. The minimum absolute atomic E-state index is 0.0527. The molecule has 1 aliphatic heterocycles. The highest BCUT2D eigenvalue weighted by Gasteiger charge is 2.37. The van der Waals surface area contributed by atoms with Gasteiger partial charge in [0.05, 0.1) is 17.7 Å². The summed E-state index contributed by atoms with van der Waals surface area (Å²) in [4.78, 5) is 28.1. The first-order valence-corrected chi connectivity index (χ1v) is 10.6. The van der Waals surface area contributed by atoms with Crippen molar-refractivity contribution in [2.45, 2.75) is 45.0 Å². The molecule has 7 nitrogen and oxygen atoms in total. The Kier molecular flexibility index (Phi) is 7.44. The summed E-state index contributed by atoms with van der Waals surface area (Å²) in [6.45, 7) is 5.69. The van der Waals surface area contributed by atoms with E-state index in [0.29, 0.717) is 13.0 Å². The fraction of sp³-hybridized carbons (Fsp3) is 0.435. The molecule has 2 heterocycles. The minimum atomic E-state index is -4.72. The average molecular weight is 483 g/mol. The maximum Gasteiger partial charge on any atom is 0.416 e. The van der Waals surface area contributed by atoms with Gasteiger partial charge in [0, 0.05) is 23.9 Å². The number of hydrogen-bond donors (Lipinski definition) is 2. The molecular weight excluding hydrogens is 458 g/mol. The zero-order chi connectivity index (χ0) is 25.1. The summed E-state index contributed by atoms with van der Waals surface area (Å²) in [5, 5.41) is 5.28. The number of aromatic nitrogens is 1. The highest BCUT2D eigenvalue weighted by Crippen LogP contribution is 2.35. The Labute approximate surface area is 193 Å². The fourth-order valence-electron chi connectivity index (χ4n) is 3.45. The SMILES string of the molecule is CC(C)(C)OC(=O)C1NCCC1COc1cc(NC(=O)c2cccnc2F)cc(C(F)(F)F)c1. The molecule has 3 rings (SSSR count). The number of benzene rings is 1. The van der Waals surface area contributed by atoms with Crippen molar-refractivity contribution in [1.29, 1.82) is 0 Å². The van der Waals surface area contributed by atoms with E-state index in [0.717, 1.165) is 24.4 Å². The predicted octanol–water partition coefficient (Wildman–Crippen LogP) is 4.19. The number of carbonyl (C=O) groups is 2. The average Bonchev–Trinajstić information content (AvgIpc) is 3.19. The van der Waals surface area contributed by atoms with Crippen LogP contribution >= 0.6 is 0 Å². The molecule has 2 N–H and O–H groups in total. The molecule has 1 saturated heterocycles. The molecule has 1 amide bonds. The number of anilines is 1. The first kappa shape index (κ1) is 25.4.